The van der Waals surface area contributed by atoms with Crippen molar-refractivity contribution in [2.75, 3.05) is 12.9 Å². The lowest BCUT2D eigenvalue weighted by molar-refractivity contribution is -0.00533. The first-order valence-corrected chi connectivity index (χ1v) is 8.21. The summed E-state index contributed by atoms with van der Waals surface area (Å²) in [7, 11) is -7.25. The second kappa shape index (κ2) is 2.95. The first kappa shape index (κ1) is 11.3. The quantitative estimate of drug-likeness (QED) is 0.643. The van der Waals surface area contributed by atoms with Crippen LogP contribution in [0.15, 0.2) is 0 Å². The second-order valence-corrected chi connectivity index (χ2v) is 9.50. The van der Waals surface area contributed by atoms with Crippen molar-refractivity contribution in [3.63, 3.8) is 0 Å². The predicted molar refractivity (Wildman–Crippen MR) is 54.9 cm³/mol. The SMILES string of the molecule is C[C@@]1(S(C)(=O)=O)[C@@H]2OCCC[C@@H]2S1(=O)=O. The van der Waals surface area contributed by atoms with Crippen molar-refractivity contribution in [1.82, 2.24) is 0 Å². The molecule has 7 heteroatoms. The van der Waals surface area contributed by atoms with Gasteiger partial charge in [-0.15, -0.1) is 0 Å². The number of ether oxygens (including phenoxy) is 1. The summed E-state index contributed by atoms with van der Waals surface area (Å²) in [6, 6.07) is 0. The van der Waals surface area contributed by atoms with Gasteiger partial charge in [0.05, 0.1) is 5.25 Å². The van der Waals surface area contributed by atoms with Gasteiger partial charge in [-0.25, -0.2) is 16.8 Å². The summed E-state index contributed by atoms with van der Waals surface area (Å²) in [6.07, 6.45) is 1.48. The smallest absolute Gasteiger partial charge is 0.197 e. The number of fused-ring (bicyclic) bond motifs is 1. The minimum atomic E-state index is -3.66. The molecule has 2 aliphatic heterocycles. The molecule has 0 unspecified atom stereocenters. The van der Waals surface area contributed by atoms with Gasteiger partial charge in [-0.2, -0.15) is 0 Å². The second-order valence-electron chi connectivity index (χ2n) is 4.31. The number of hydrogen-bond donors (Lipinski definition) is 0. The fraction of sp³-hybridized carbons (Fsp3) is 1.00. The molecule has 0 radical (unpaired) electrons. The molecule has 0 saturated carbocycles. The van der Waals surface area contributed by atoms with Gasteiger partial charge in [0.25, 0.3) is 0 Å². The molecule has 0 aromatic heterocycles. The van der Waals surface area contributed by atoms with Crippen molar-refractivity contribution in [3.8, 4) is 0 Å². The maximum Gasteiger partial charge on any atom is 0.197 e. The van der Waals surface area contributed by atoms with Crippen molar-refractivity contribution in [3.05, 3.63) is 0 Å². The van der Waals surface area contributed by atoms with Gasteiger partial charge in [-0.3, -0.25) is 0 Å². The third-order valence-corrected chi connectivity index (χ3v) is 9.44. The average Bonchev–Trinajstić information content (AvgIpc) is 2.15. The summed E-state index contributed by atoms with van der Waals surface area (Å²) in [5, 5.41) is -0.619. The summed E-state index contributed by atoms with van der Waals surface area (Å²) in [5.41, 5.74) is 0. The molecule has 15 heavy (non-hydrogen) atoms. The summed E-state index contributed by atoms with van der Waals surface area (Å²) in [6.45, 7) is 1.70. The van der Waals surface area contributed by atoms with E-state index < -0.39 is 35.1 Å². The van der Waals surface area contributed by atoms with Gasteiger partial charge in [0, 0.05) is 12.9 Å². The zero-order chi connectivity index (χ0) is 11.5. The zero-order valence-electron chi connectivity index (χ0n) is 8.63. The third kappa shape index (κ3) is 1.17. The minimum absolute atomic E-state index is 0.446. The monoisotopic (exact) mass is 254 g/mol. The highest BCUT2D eigenvalue weighted by Gasteiger charge is 2.71. The molecule has 2 fully saturated rings. The molecule has 0 aromatic rings. The first-order chi connectivity index (χ1) is 6.73. The van der Waals surface area contributed by atoms with E-state index in [0.717, 1.165) is 6.26 Å². The summed E-state index contributed by atoms with van der Waals surface area (Å²) >= 11 is 0. The van der Waals surface area contributed by atoms with Crippen molar-refractivity contribution in [1.29, 1.82) is 0 Å². The minimum Gasteiger partial charge on any atom is -0.374 e. The van der Waals surface area contributed by atoms with Crippen LogP contribution in [-0.2, 0) is 24.4 Å². The van der Waals surface area contributed by atoms with Crippen molar-refractivity contribution < 1.29 is 21.6 Å². The molecule has 2 heterocycles. The Kier molecular flexibility index (Phi) is 2.23. The van der Waals surface area contributed by atoms with Gasteiger partial charge in [0.15, 0.2) is 23.8 Å². The Bertz CT molecular complexity index is 477. The van der Waals surface area contributed by atoms with Crippen LogP contribution in [-0.4, -0.2) is 45.1 Å². The molecule has 3 atom stereocenters. The van der Waals surface area contributed by atoms with Gasteiger partial charge < -0.3 is 4.74 Å². The fourth-order valence-corrected chi connectivity index (χ4v) is 7.26. The third-order valence-electron chi connectivity index (χ3n) is 3.48. The van der Waals surface area contributed by atoms with Crippen molar-refractivity contribution >= 4 is 19.7 Å². The Morgan fingerprint density at radius 2 is 2.00 bits per heavy atom. The van der Waals surface area contributed by atoms with Crippen molar-refractivity contribution in [2.45, 2.75) is 35.2 Å². The predicted octanol–water partition coefficient (Wildman–Crippen LogP) is -0.277. The lowest BCUT2D eigenvalue weighted by Gasteiger charge is -2.52. The van der Waals surface area contributed by atoms with Crippen LogP contribution in [0.25, 0.3) is 0 Å². The Hall–Kier alpha value is -0.140. The van der Waals surface area contributed by atoms with Crippen LogP contribution in [0.5, 0.6) is 0 Å². The summed E-state index contributed by atoms with van der Waals surface area (Å²) in [5.74, 6) is 0. The van der Waals surface area contributed by atoms with Crippen LogP contribution >= 0.6 is 0 Å². The van der Waals surface area contributed by atoms with Gasteiger partial charge in [0.1, 0.15) is 6.10 Å². The summed E-state index contributed by atoms with van der Waals surface area (Å²) in [4.78, 5) is 0. The largest absolute Gasteiger partial charge is 0.374 e. The van der Waals surface area contributed by atoms with Crippen LogP contribution in [0.1, 0.15) is 19.8 Å². The van der Waals surface area contributed by atoms with Gasteiger partial charge in [-0.05, 0) is 19.8 Å². The molecule has 0 bridgehead atoms. The molecule has 0 amide bonds. The highest BCUT2D eigenvalue weighted by atomic mass is 32.3. The normalized spacial score (nSPS) is 44.1. The van der Waals surface area contributed by atoms with Crippen molar-refractivity contribution in [2.24, 2.45) is 0 Å². The summed E-state index contributed by atoms with van der Waals surface area (Å²) < 4.78 is 50.4. The molecule has 0 aromatic carbocycles. The van der Waals surface area contributed by atoms with E-state index in [4.69, 9.17) is 4.74 Å². The van der Waals surface area contributed by atoms with Gasteiger partial charge >= 0.3 is 0 Å². The highest BCUT2D eigenvalue weighted by molar-refractivity contribution is 8.11. The Balaban J connectivity index is 2.51. The lowest BCUT2D eigenvalue weighted by atomic mass is 10.0. The van der Waals surface area contributed by atoms with Crippen LogP contribution in [0, 0.1) is 0 Å². The molecule has 0 aliphatic carbocycles. The highest BCUT2D eigenvalue weighted by Crippen LogP contribution is 2.49. The van der Waals surface area contributed by atoms with E-state index in [9.17, 15) is 16.8 Å². The Morgan fingerprint density at radius 1 is 1.40 bits per heavy atom. The lowest BCUT2D eigenvalue weighted by Crippen LogP contribution is -2.73. The number of rotatable bonds is 1. The first-order valence-electron chi connectivity index (χ1n) is 4.77. The molecule has 88 valence electrons. The molecule has 0 N–H and O–H groups in total. The molecular formula is C8H14O5S2. The average molecular weight is 254 g/mol. The molecule has 2 saturated heterocycles. The Morgan fingerprint density at radius 3 is 2.53 bits per heavy atom. The van der Waals surface area contributed by atoms with E-state index in [2.05, 4.69) is 0 Å². The molecule has 5 nitrogen and oxygen atoms in total. The standard InChI is InChI=1S/C8H14O5S2/c1-8(14(2,9)10)7-6(15(8,11)12)4-3-5-13-7/h6-7H,3-5H2,1-2H3/t6-,7+,8-/m0/s1. The fourth-order valence-electron chi connectivity index (χ4n) is 2.37. The van der Waals surface area contributed by atoms with E-state index in [1.54, 1.807) is 0 Å². The van der Waals surface area contributed by atoms with Crippen LogP contribution in [0.2, 0.25) is 0 Å². The zero-order valence-corrected chi connectivity index (χ0v) is 10.3. The van der Waals surface area contributed by atoms with Crippen LogP contribution < -0.4 is 0 Å². The van der Waals surface area contributed by atoms with Crippen LogP contribution in [0.4, 0.5) is 0 Å². The topological polar surface area (TPSA) is 77.5 Å². The number of sulfone groups is 2. The van der Waals surface area contributed by atoms with E-state index in [1.807, 2.05) is 0 Å². The number of hydrogen-bond acceptors (Lipinski definition) is 5. The Labute approximate surface area is 89.6 Å². The molecular weight excluding hydrogens is 240 g/mol. The molecule has 0 spiro atoms. The van der Waals surface area contributed by atoms with E-state index in [-0.39, 0.29) is 0 Å². The maximum absolute atomic E-state index is 11.9. The molecule has 2 rings (SSSR count). The molecule has 2 aliphatic rings. The van der Waals surface area contributed by atoms with E-state index in [0.29, 0.717) is 19.4 Å². The van der Waals surface area contributed by atoms with Crippen LogP contribution in [0.3, 0.4) is 0 Å². The van der Waals surface area contributed by atoms with Gasteiger partial charge in [0.2, 0.25) is 0 Å². The van der Waals surface area contributed by atoms with E-state index in [1.165, 1.54) is 6.92 Å². The van der Waals surface area contributed by atoms with Gasteiger partial charge in [-0.1, -0.05) is 0 Å². The van der Waals surface area contributed by atoms with E-state index >= 15 is 0 Å². The maximum atomic E-state index is 11.9.